The number of piperazine rings is 1. The number of amides is 1. The van der Waals surface area contributed by atoms with Crippen LogP contribution in [0, 0.1) is 12.8 Å². The van der Waals surface area contributed by atoms with E-state index < -0.39 is 0 Å². The van der Waals surface area contributed by atoms with Crippen LogP contribution in [0.5, 0.6) is 0 Å². The molecule has 134 valence electrons. The molecule has 3 aromatic rings. The maximum Gasteiger partial charge on any atom is 0.226 e. The molecule has 0 spiro atoms. The second-order valence-corrected chi connectivity index (χ2v) is 7.44. The molecule has 1 aromatic carbocycles. The zero-order chi connectivity index (χ0) is 17.8. The number of anilines is 1. The molecule has 7 heteroatoms. The van der Waals surface area contributed by atoms with Gasteiger partial charge in [0.05, 0.1) is 5.52 Å². The zero-order valence-corrected chi connectivity index (χ0v) is 15.1. The third-order valence-corrected chi connectivity index (χ3v) is 5.51. The summed E-state index contributed by atoms with van der Waals surface area (Å²) in [5, 5.41) is 9.66. The van der Waals surface area contributed by atoms with Gasteiger partial charge in [-0.2, -0.15) is 0 Å². The molecular formula is C19H22N6O. The van der Waals surface area contributed by atoms with Crippen LogP contribution in [0.2, 0.25) is 0 Å². The van der Waals surface area contributed by atoms with Crippen molar-refractivity contribution >= 4 is 28.4 Å². The second kappa shape index (κ2) is 5.65. The molecule has 7 nitrogen and oxygen atoms in total. The molecule has 1 atom stereocenters. The Kier molecular flexibility index (Phi) is 3.38. The Labute approximate surface area is 151 Å². The molecule has 2 aliphatic rings. The topological polar surface area (TPSA) is 66.6 Å². The summed E-state index contributed by atoms with van der Waals surface area (Å²) in [6.07, 6.45) is 2.11. The normalized spacial score (nSPS) is 20.9. The largest absolute Gasteiger partial charge is 0.338 e. The van der Waals surface area contributed by atoms with Gasteiger partial charge in [-0.25, -0.2) is 9.38 Å². The lowest BCUT2D eigenvalue weighted by Gasteiger charge is -2.40. The van der Waals surface area contributed by atoms with Crippen molar-refractivity contribution in [3.05, 3.63) is 30.1 Å². The van der Waals surface area contributed by atoms with Crippen LogP contribution < -0.4 is 4.90 Å². The minimum atomic E-state index is 0.178. The number of hydrogen-bond donors (Lipinski definition) is 0. The average molecular weight is 350 g/mol. The Morgan fingerprint density at radius 3 is 2.73 bits per heavy atom. The van der Waals surface area contributed by atoms with Gasteiger partial charge in [0.2, 0.25) is 11.9 Å². The highest BCUT2D eigenvalue weighted by molar-refractivity contribution is 5.92. The number of hydrogen-bond acceptors (Lipinski definition) is 5. The summed E-state index contributed by atoms with van der Waals surface area (Å²) in [7, 11) is 0. The van der Waals surface area contributed by atoms with Crippen molar-refractivity contribution in [3.8, 4) is 0 Å². The first-order valence-electron chi connectivity index (χ1n) is 9.29. The van der Waals surface area contributed by atoms with Crippen molar-refractivity contribution in [1.29, 1.82) is 0 Å². The summed E-state index contributed by atoms with van der Waals surface area (Å²) in [4.78, 5) is 21.7. The van der Waals surface area contributed by atoms with Gasteiger partial charge < -0.3 is 9.80 Å². The Bertz CT molecular complexity index is 1010. The monoisotopic (exact) mass is 350 g/mol. The second-order valence-electron chi connectivity index (χ2n) is 7.44. The average Bonchev–Trinajstić information content (AvgIpc) is 3.43. The van der Waals surface area contributed by atoms with Crippen molar-refractivity contribution < 1.29 is 4.79 Å². The van der Waals surface area contributed by atoms with E-state index in [0.29, 0.717) is 5.91 Å². The SMILES string of the molecule is Cc1nnc2c3ccccc3nc(N3CCN(C(=O)C4CC4)C(C)C3)n12. The summed E-state index contributed by atoms with van der Waals surface area (Å²) in [5.41, 5.74) is 1.76. The molecule has 1 saturated carbocycles. The van der Waals surface area contributed by atoms with E-state index in [1.165, 1.54) is 0 Å². The quantitative estimate of drug-likeness (QED) is 0.707. The van der Waals surface area contributed by atoms with Crippen molar-refractivity contribution in [2.45, 2.75) is 32.7 Å². The number of fused-ring (bicyclic) bond motifs is 3. The predicted molar refractivity (Wildman–Crippen MR) is 99.1 cm³/mol. The van der Waals surface area contributed by atoms with Crippen molar-refractivity contribution in [2.75, 3.05) is 24.5 Å². The summed E-state index contributed by atoms with van der Waals surface area (Å²) >= 11 is 0. The number of carbonyl (C=O) groups excluding carboxylic acids is 1. The molecule has 5 rings (SSSR count). The van der Waals surface area contributed by atoms with E-state index in [1.807, 2.05) is 40.5 Å². The van der Waals surface area contributed by atoms with Gasteiger partial charge in [-0.05, 0) is 38.8 Å². The Morgan fingerprint density at radius 1 is 1.15 bits per heavy atom. The predicted octanol–water partition coefficient (Wildman–Crippen LogP) is 2.03. The molecule has 1 saturated heterocycles. The summed E-state index contributed by atoms with van der Waals surface area (Å²) in [6.45, 7) is 6.38. The summed E-state index contributed by atoms with van der Waals surface area (Å²) in [6, 6.07) is 8.21. The van der Waals surface area contributed by atoms with Gasteiger partial charge in [0.1, 0.15) is 5.82 Å². The van der Waals surface area contributed by atoms with Gasteiger partial charge in [-0.3, -0.25) is 4.79 Å². The van der Waals surface area contributed by atoms with Crippen molar-refractivity contribution in [3.63, 3.8) is 0 Å². The minimum Gasteiger partial charge on any atom is -0.338 e. The van der Waals surface area contributed by atoms with E-state index >= 15 is 0 Å². The Hall–Kier alpha value is -2.70. The number of nitrogens with zero attached hydrogens (tertiary/aromatic N) is 6. The summed E-state index contributed by atoms with van der Waals surface area (Å²) < 4.78 is 2.04. The minimum absolute atomic E-state index is 0.178. The van der Waals surface area contributed by atoms with Crippen LogP contribution in [0.3, 0.4) is 0 Å². The number of rotatable bonds is 2. The fraction of sp³-hybridized carbons (Fsp3) is 0.474. The van der Waals surface area contributed by atoms with Crippen LogP contribution in [0.1, 0.15) is 25.6 Å². The van der Waals surface area contributed by atoms with E-state index in [0.717, 1.165) is 60.8 Å². The first-order chi connectivity index (χ1) is 12.6. The lowest BCUT2D eigenvalue weighted by atomic mass is 10.1. The van der Waals surface area contributed by atoms with Crippen LogP contribution in [-0.2, 0) is 4.79 Å². The standard InChI is InChI=1S/C19H22N6O/c1-12-11-23(9-10-24(12)18(26)14-7-8-14)19-20-16-6-4-3-5-15(16)17-22-21-13(2)25(17)19/h3-6,12,14H,7-11H2,1-2H3. The molecule has 2 aromatic heterocycles. The van der Waals surface area contributed by atoms with Crippen LogP contribution >= 0.6 is 0 Å². The molecule has 1 amide bonds. The van der Waals surface area contributed by atoms with Crippen molar-refractivity contribution in [1.82, 2.24) is 24.5 Å². The molecule has 1 aliphatic heterocycles. The summed E-state index contributed by atoms with van der Waals surface area (Å²) in [5.74, 6) is 2.30. The first kappa shape index (κ1) is 15.5. The lowest BCUT2D eigenvalue weighted by Crippen LogP contribution is -2.55. The Morgan fingerprint density at radius 2 is 1.96 bits per heavy atom. The molecule has 26 heavy (non-hydrogen) atoms. The van der Waals surface area contributed by atoms with E-state index in [2.05, 4.69) is 22.0 Å². The van der Waals surface area contributed by atoms with E-state index in [9.17, 15) is 4.79 Å². The van der Waals surface area contributed by atoms with Crippen LogP contribution in [0.15, 0.2) is 24.3 Å². The first-order valence-corrected chi connectivity index (χ1v) is 9.29. The fourth-order valence-electron chi connectivity index (χ4n) is 3.94. The van der Waals surface area contributed by atoms with E-state index in [-0.39, 0.29) is 12.0 Å². The van der Waals surface area contributed by atoms with Crippen LogP contribution in [-0.4, -0.2) is 56.1 Å². The van der Waals surface area contributed by atoms with E-state index in [1.54, 1.807) is 0 Å². The maximum absolute atomic E-state index is 12.5. The molecule has 2 fully saturated rings. The highest BCUT2D eigenvalue weighted by Crippen LogP contribution is 2.33. The third-order valence-electron chi connectivity index (χ3n) is 5.51. The highest BCUT2D eigenvalue weighted by atomic mass is 16.2. The molecule has 1 aliphatic carbocycles. The van der Waals surface area contributed by atoms with Gasteiger partial charge in [-0.1, -0.05) is 12.1 Å². The van der Waals surface area contributed by atoms with Gasteiger partial charge in [0.25, 0.3) is 0 Å². The maximum atomic E-state index is 12.5. The number of carbonyl (C=O) groups is 1. The number of aromatic nitrogens is 4. The Balaban J connectivity index is 1.54. The number of benzene rings is 1. The van der Waals surface area contributed by atoms with E-state index in [4.69, 9.17) is 4.98 Å². The molecule has 0 bridgehead atoms. The number of para-hydroxylation sites is 1. The lowest BCUT2D eigenvalue weighted by molar-refractivity contribution is -0.134. The molecule has 0 N–H and O–H groups in total. The van der Waals surface area contributed by atoms with Gasteiger partial charge in [0, 0.05) is 37.0 Å². The van der Waals surface area contributed by atoms with Gasteiger partial charge in [-0.15, -0.1) is 10.2 Å². The van der Waals surface area contributed by atoms with Gasteiger partial charge in [0.15, 0.2) is 5.65 Å². The fourth-order valence-corrected chi connectivity index (χ4v) is 3.94. The van der Waals surface area contributed by atoms with Gasteiger partial charge >= 0.3 is 0 Å². The smallest absolute Gasteiger partial charge is 0.226 e. The zero-order valence-electron chi connectivity index (χ0n) is 15.1. The van der Waals surface area contributed by atoms with Crippen LogP contribution in [0.25, 0.3) is 16.6 Å². The molecule has 3 heterocycles. The van der Waals surface area contributed by atoms with Crippen molar-refractivity contribution in [2.24, 2.45) is 5.92 Å². The molecule has 0 radical (unpaired) electrons. The third kappa shape index (κ3) is 2.34. The number of aryl methyl sites for hydroxylation is 1. The van der Waals surface area contributed by atoms with Crippen LogP contribution in [0.4, 0.5) is 5.95 Å². The molecule has 1 unspecified atom stereocenters. The molecular weight excluding hydrogens is 328 g/mol. The highest BCUT2D eigenvalue weighted by Gasteiger charge is 2.37.